The van der Waals surface area contributed by atoms with Gasteiger partial charge in [-0.3, -0.25) is 0 Å². The predicted molar refractivity (Wildman–Crippen MR) is 62.4 cm³/mol. The molecule has 4 heteroatoms. The van der Waals surface area contributed by atoms with Gasteiger partial charge in [0, 0.05) is 18.6 Å². The molecule has 0 radical (unpaired) electrons. The highest BCUT2D eigenvalue weighted by Gasteiger charge is 2.06. The van der Waals surface area contributed by atoms with Gasteiger partial charge in [-0.15, -0.1) is 11.8 Å². The monoisotopic (exact) mass is 227 g/mol. The zero-order valence-corrected chi connectivity index (χ0v) is 9.96. The van der Waals surface area contributed by atoms with Gasteiger partial charge >= 0.3 is 0 Å². The van der Waals surface area contributed by atoms with E-state index in [1.165, 1.54) is 0 Å². The Morgan fingerprint density at radius 2 is 2.33 bits per heavy atom. The lowest BCUT2D eigenvalue weighted by molar-refractivity contribution is 0.234. The number of rotatable bonds is 6. The third-order valence-corrected chi connectivity index (χ3v) is 2.71. The van der Waals surface area contributed by atoms with Crippen LogP contribution in [0, 0.1) is 0 Å². The molecule has 1 aromatic rings. The second-order valence-corrected chi connectivity index (χ2v) is 4.48. The van der Waals surface area contributed by atoms with Crippen LogP contribution in [-0.2, 0) is 0 Å². The van der Waals surface area contributed by atoms with E-state index >= 15 is 0 Å². The molecule has 1 rings (SSSR count). The number of nitrogens with zero attached hydrogens (tertiary/aromatic N) is 1. The maximum Gasteiger partial charge on any atom is 0.151 e. The Morgan fingerprint density at radius 1 is 1.53 bits per heavy atom. The molecule has 84 valence electrons. The standard InChI is InChI=1S/C11H17NO2S/c1-9(2)14-10-5-3-6-12-11(10)15-8-4-7-13/h3,5-6,9,13H,4,7-8H2,1-2H3. The van der Waals surface area contributed by atoms with Crippen LogP contribution in [0.1, 0.15) is 20.3 Å². The lowest BCUT2D eigenvalue weighted by Gasteiger charge is -2.12. The second kappa shape index (κ2) is 6.69. The zero-order valence-electron chi connectivity index (χ0n) is 9.14. The third-order valence-electron chi connectivity index (χ3n) is 1.64. The van der Waals surface area contributed by atoms with Crippen molar-refractivity contribution in [3.63, 3.8) is 0 Å². The molecule has 0 saturated carbocycles. The van der Waals surface area contributed by atoms with E-state index in [9.17, 15) is 0 Å². The number of aliphatic hydroxyl groups is 1. The molecule has 1 aromatic heterocycles. The average molecular weight is 227 g/mol. The summed E-state index contributed by atoms with van der Waals surface area (Å²) in [5.74, 6) is 1.69. The Bertz CT molecular complexity index is 292. The summed E-state index contributed by atoms with van der Waals surface area (Å²) in [6.45, 7) is 4.21. The lowest BCUT2D eigenvalue weighted by Crippen LogP contribution is -2.06. The second-order valence-electron chi connectivity index (χ2n) is 3.40. The maximum absolute atomic E-state index is 8.69. The first-order chi connectivity index (χ1) is 7.24. The minimum absolute atomic E-state index is 0.159. The summed E-state index contributed by atoms with van der Waals surface area (Å²) in [6.07, 6.45) is 2.70. The molecule has 0 unspecified atom stereocenters. The highest BCUT2D eigenvalue weighted by molar-refractivity contribution is 7.99. The Morgan fingerprint density at radius 3 is 3.00 bits per heavy atom. The van der Waals surface area contributed by atoms with Gasteiger partial charge in [-0.2, -0.15) is 0 Å². The normalized spacial score (nSPS) is 10.7. The van der Waals surface area contributed by atoms with Crippen LogP contribution in [0.3, 0.4) is 0 Å². The topological polar surface area (TPSA) is 42.4 Å². The number of ether oxygens (including phenoxy) is 1. The Kier molecular flexibility index (Phi) is 5.50. The third kappa shape index (κ3) is 4.53. The smallest absolute Gasteiger partial charge is 0.151 e. The van der Waals surface area contributed by atoms with E-state index in [4.69, 9.17) is 9.84 Å². The number of hydrogen-bond donors (Lipinski definition) is 1. The van der Waals surface area contributed by atoms with Crippen molar-refractivity contribution in [3.05, 3.63) is 18.3 Å². The molecule has 0 spiro atoms. The molecule has 0 aliphatic rings. The number of aromatic nitrogens is 1. The van der Waals surface area contributed by atoms with E-state index in [1.54, 1.807) is 18.0 Å². The molecule has 0 saturated heterocycles. The molecule has 3 nitrogen and oxygen atoms in total. The highest BCUT2D eigenvalue weighted by atomic mass is 32.2. The Balaban J connectivity index is 2.60. The van der Waals surface area contributed by atoms with Gasteiger partial charge in [-0.05, 0) is 32.4 Å². The van der Waals surface area contributed by atoms with Crippen LogP contribution in [-0.4, -0.2) is 28.6 Å². The van der Waals surface area contributed by atoms with Gasteiger partial charge in [0.25, 0.3) is 0 Å². The molecule has 0 bridgehead atoms. The number of thioether (sulfide) groups is 1. The SMILES string of the molecule is CC(C)Oc1cccnc1SCCCO. The molecule has 0 aromatic carbocycles. The summed E-state index contributed by atoms with van der Waals surface area (Å²) in [5.41, 5.74) is 0. The van der Waals surface area contributed by atoms with Crippen LogP contribution >= 0.6 is 11.8 Å². The maximum atomic E-state index is 8.69. The van der Waals surface area contributed by atoms with Crippen molar-refractivity contribution in [1.82, 2.24) is 4.98 Å². The molecule has 1 N–H and O–H groups in total. The van der Waals surface area contributed by atoms with Crippen molar-refractivity contribution >= 4 is 11.8 Å². The van der Waals surface area contributed by atoms with E-state index in [2.05, 4.69) is 4.98 Å². The molecule has 0 fully saturated rings. The molecule has 0 aliphatic heterocycles. The molecular formula is C11H17NO2S. The first-order valence-corrected chi connectivity index (χ1v) is 6.08. The van der Waals surface area contributed by atoms with Gasteiger partial charge < -0.3 is 9.84 Å². The fraction of sp³-hybridized carbons (Fsp3) is 0.545. The zero-order chi connectivity index (χ0) is 11.1. The van der Waals surface area contributed by atoms with E-state index in [0.29, 0.717) is 0 Å². The average Bonchev–Trinajstić information content (AvgIpc) is 2.20. The first kappa shape index (κ1) is 12.3. The van der Waals surface area contributed by atoms with Crippen LogP contribution in [0.4, 0.5) is 0 Å². The van der Waals surface area contributed by atoms with E-state index in [-0.39, 0.29) is 12.7 Å². The molecule has 0 atom stereocenters. The summed E-state index contributed by atoms with van der Waals surface area (Å²) >= 11 is 1.62. The number of pyridine rings is 1. The minimum atomic E-state index is 0.159. The summed E-state index contributed by atoms with van der Waals surface area (Å²) in [5, 5.41) is 9.60. The summed E-state index contributed by atoms with van der Waals surface area (Å²) in [7, 11) is 0. The molecule has 1 heterocycles. The van der Waals surface area contributed by atoms with Crippen molar-refractivity contribution < 1.29 is 9.84 Å². The quantitative estimate of drug-likeness (QED) is 0.598. The van der Waals surface area contributed by atoms with Crippen LogP contribution < -0.4 is 4.74 Å². The van der Waals surface area contributed by atoms with E-state index in [0.717, 1.165) is 22.9 Å². The van der Waals surface area contributed by atoms with Crippen molar-refractivity contribution in [2.24, 2.45) is 0 Å². The van der Waals surface area contributed by atoms with Crippen molar-refractivity contribution in [1.29, 1.82) is 0 Å². The summed E-state index contributed by atoms with van der Waals surface area (Å²) in [4.78, 5) is 4.26. The van der Waals surface area contributed by atoms with Crippen LogP contribution in [0.15, 0.2) is 23.4 Å². The minimum Gasteiger partial charge on any atom is -0.488 e. The number of aliphatic hydroxyl groups excluding tert-OH is 1. The van der Waals surface area contributed by atoms with Gasteiger partial charge in [0.05, 0.1) is 6.10 Å². The Hall–Kier alpha value is -0.740. The highest BCUT2D eigenvalue weighted by Crippen LogP contribution is 2.27. The van der Waals surface area contributed by atoms with Crippen LogP contribution in [0.25, 0.3) is 0 Å². The van der Waals surface area contributed by atoms with Crippen LogP contribution in [0.5, 0.6) is 5.75 Å². The van der Waals surface area contributed by atoms with Crippen molar-refractivity contribution in [3.8, 4) is 5.75 Å². The van der Waals surface area contributed by atoms with Crippen molar-refractivity contribution in [2.45, 2.75) is 31.4 Å². The van der Waals surface area contributed by atoms with Gasteiger partial charge in [-0.25, -0.2) is 4.98 Å². The summed E-state index contributed by atoms with van der Waals surface area (Å²) < 4.78 is 5.63. The van der Waals surface area contributed by atoms with Gasteiger partial charge in [0.15, 0.2) is 5.75 Å². The van der Waals surface area contributed by atoms with Crippen LogP contribution in [0.2, 0.25) is 0 Å². The van der Waals surface area contributed by atoms with Gasteiger partial charge in [0.1, 0.15) is 5.03 Å². The van der Waals surface area contributed by atoms with Gasteiger partial charge in [0.2, 0.25) is 0 Å². The van der Waals surface area contributed by atoms with Gasteiger partial charge in [-0.1, -0.05) is 0 Å². The van der Waals surface area contributed by atoms with E-state index < -0.39 is 0 Å². The van der Waals surface area contributed by atoms with E-state index in [1.807, 2.05) is 26.0 Å². The molecule has 0 aliphatic carbocycles. The van der Waals surface area contributed by atoms with Crippen molar-refractivity contribution in [2.75, 3.05) is 12.4 Å². The summed E-state index contributed by atoms with van der Waals surface area (Å²) in [6, 6.07) is 3.79. The fourth-order valence-corrected chi connectivity index (χ4v) is 1.92. The molecule has 0 amide bonds. The number of hydrogen-bond acceptors (Lipinski definition) is 4. The molecule has 15 heavy (non-hydrogen) atoms. The fourth-order valence-electron chi connectivity index (χ4n) is 1.06. The first-order valence-electron chi connectivity index (χ1n) is 5.09. The Labute approximate surface area is 94.9 Å². The largest absolute Gasteiger partial charge is 0.488 e. The predicted octanol–water partition coefficient (Wildman–Crippen LogP) is 2.34. The molecular weight excluding hydrogens is 210 g/mol. The lowest BCUT2D eigenvalue weighted by atomic mass is 10.4.